The third-order valence-corrected chi connectivity index (χ3v) is 6.99. The topological polar surface area (TPSA) is 46.1 Å². The van der Waals surface area contributed by atoms with Gasteiger partial charge in [0.15, 0.2) is 0 Å². The first-order chi connectivity index (χ1) is 13.5. The number of nitrogens with zero attached hydrogens (tertiary/aromatic N) is 1. The molecule has 0 saturated carbocycles. The molecule has 1 aromatic carbocycles. The van der Waals surface area contributed by atoms with Gasteiger partial charge in [-0.3, -0.25) is 0 Å². The third-order valence-electron chi connectivity index (χ3n) is 5.67. The largest absolute Gasteiger partial charge is 0.331 e. The first-order valence-electron chi connectivity index (χ1n) is 9.96. The van der Waals surface area contributed by atoms with Crippen LogP contribution < -0.4 is 10.6 Å². The summed E-state index contributed by atoms with van der Waals surface area (Å²) in [5.41, 5.74) is 5.85. The Morgan fingerprint density at radius 3 is 2.64 bits per heavy atom. The van der Waals surface area contributed by atoms with Gasteiger partial charge in [-0.05, 0) is 81.3 Å². The molecule has 4 nitrogen and oxygen atoms in total. The quantitative estimate of drug-likeness (QED) is 0.568. The number of fused-ring (bicyclic) bond motifs is 1. The Morgan fingerprint density at radius 2 is 1.86 bits per heavy atom. The van der Waals surface area contributed by atoms with Crippen molar-refractivity contribution in [2.24, 2.45) is 0 Å². The maximum atomic E-state index is 12.7. The Kier molecular flexibility index (Phi) is 5.27. The Bertz CT molecular complexity index is 988. The Balaban J connectivity index is 1.59. The molecule has 0 radical (unpaired) electrons. The van der Waals surface area contributed by atoms with Crippen molar-refractivity contribution in [2.45, 2.75) is 52.5 Å². The molecule has 1 atom stereocenters. The van der Waals surface area contributed by atoms with Crippen molar-refractivity contribution < 1.29 is 4.79 Å². The van der Waals surface area contributed by atoms with Crippen LogP contribution in [0.3, 0.4) is 0 Å². The lowest BCUT2D eigenvalue weighted by Crippen LogP contribution is -2.32. The second-order valence-electron chi connectivity index (χ2n) is 7.59. The van der Waals surface area contributed by atoms with Crippen LogP contribution in [0.4, 0.5) is 10.5 Å². The number of carbonyl (C=O) groups excluding carboxylic acids is 1. The number of benzene rings is 1. The van der Waals surface area contributed by atoms with Crippen molar-refractivity contribution in [2.75, 3.05) is 5.32 Å². The maximum Gasteiger partial charge on any atom is 0.319 e. The summed E-state index contributed by atoms with van der Waals surface area (Å²) in [5.74, 6) is 0. The van der Waals surface area contributed by atoms with Gasteiger partial charge in [-0.2, -0.15) is 0 Å². The van der Waals surface area contributed by atoms with Crippen LogP contribution in [0.25, 0.3) is 5.00 Å². The molecule has 5 heteroatoms. The lowest BCUT2D eigenvalue weighted by molar-refractivity contribution is 0.249. The summed E-state index contributed by atoms with van der Waals surface area (Å²) in [6, 6.07) is 9.87. The molecular formula is C23H27N3OS. The average Bonchev–Trinajstić information content (AvgIpc) is 3.32. The van der Waals surface area contributed by atoms with Crippen LogP contribution in [-0.2, 0) is 12.8 Å². The molecular weight excluding hydrogens is 366 g/mol. The summed E-state index contributed by atoms with van der Waals surface area (Å²) in [4.78, 5) is 14.2. The molecule has 0 spiro atoms. The van der Waals surface area contributed by atoms with Gasteiger partial charge < -0.3 is 15.2 Å². The van der Waals surface area contributed by atoms with Crippen molar-refractivity contribution in [1.29, 1.82) is 0 Å². The molecule has 2 amide bonds. The van der Waals surface area contributed by atoms with E-state index < -0.39 is 0 Å². The highest BCUT2D eigenvalue weighted by molar-refractivity contribution is 7.15. The van der Waals surface area contributed by atoms with Crippen LogP contribution in [0.15, 0.2) is 42.7 Å². The van der Waals surface area contributed by atoms with Crippen molar-refractivity contribution in [3.63, 3.8) is 0 Å². The van der Waals surface area contributed by atoms with Gasteiger partial charge in [0.2, 0.25) is 0 Å². The number of aryl methyl sites for hydroxylation is 2. The van der Waals surface area contributed by atoms with Crippen molar-refractivity contribution in [1.82, 2.24) is 9.88 Å². The number of nitrogens with one attached hydrogen (secondary N) is 2. The first-order valence-corrected chi connectivity index (χ1v) is 10.8. The SMILES string of the molecule is Cc1cccc(NC(=O)N[C@H](C)c2c(-n3cccc3)sc3c2CCCC3)c1C. The highest BCUT2D eigenvalue weighted by atomic mass is 32.1. The average molecular weight is 394 g/mol. The van der Waals surface area contributed by atoms with Gasteiger partial charge >= 0.3 is 6.03 Å². The van der Waals surface area contributed by atoms with E-state index in [0.29, 0.717) is 0 Å². The molecule has 2 N–H and O–H groups in total. The van der Waals surface area contributed by atoms with Crippen molar-refractivity contribution in [3.05, 3.63) is 69.9 Å². The minimum Gasteiger partial charge on any atom is -0.331 e. The van der Waals surface area contributed by atoms with Gasteiger partial charge in [-0.15, -0.1) is 11.3 Å². The standard InChI is InChI=1S/C23H27N3OS/c1-15-9-8-11-19(16(15)2)25-23(27)24-17(3)21-18-10-4-5-12-20(18)28-22(21)26-13-6-7-14-26/h6-9,11,13-14,17H,4-5,10,12H2,1-3H3,(H2,24,25,27)/t17-/m1/s1. The fourth-order valence-electron chi connectivity index (χ4n) is 4.00. The highest BCUT2D eigenvalue weighted by Crippen LogP contribution is 2.40. The van der Waals surface area contributed by atoms with Crippen LogP contribution in [0.2, 0.25) is 0 Å². The molecule has 3 aromatic rings. The van der Waals surface area contributed by atoms with Crippen LogP contribution in [0.1, 0.15) is 52.9 Å². The third kappa shape index (κ3) is 3.59. The van der Waals surface area contributed by atoms with Crippen molar-refractivity contribution in [3.8, 4) is 5.00 Å². The molecule has 0 saturated heterocycles. The Hall–Kier alpha value is -2.53. The molecule has 0 fully saturated rings. The predicted octanol–water partition coefficient (Wildman–Crippen LogP) is 5.92. The van der Waals surface area contributed by atoms with Gasteiger partial charge in [0.25, 0.3) is 0 Å². The smallest absolute Gasteiger partial charge is 0.319 e. The van der Waals surface area contributed by atoms with E-state index in [9.17, 15) is 4.79 Å². The number of hydrogen-bond donors (Lipinski definition) is 2. The van der Waals surface area contributed by atoms with E-state index >= 15 is 0 Å². The number of amides is 2. The molecule has 146 valence electrons. The van der Waals surface area contributed by atoms with E-state index in [1.54, 1.807) is 0 Å². The van der Waals surface area contributed by atoms with Crippen molar-refractivity contribution >= 4 is 23.1 Å². The molecule has 0 unspecified atom stereocenters. The van der Waals surface area contributed by atoms with Gasteiger partial charge in [-0.25, -0.2) is 4.79 Å². The molecule has 2 aromatic heterocycles. The van der Waals surface area contributed by atoms with E-state index in [1.165, 1.54) is 39.4 Å². The first kappa shape index (κ1) is 18.8. The molecule has 2 heterocycles. The van der Waals surface area contributed by atoms with E-state index in [0.717, 1.165) is 24.1 Å². The zero-order valence-electron chi connectivity index (χ0n) is 16.7. The summed E-state index contributed by atoms with van der Waals surface area (Å²) in [7, 11) is 0. The molecule has 1 aliphatic carbocycles. The minimum atomic E-state index is -0.157. The summed E-state index contributed by atoms with van der Waals surface area (Å²) in [6.45, 7) is 6.18. The molecule has 28 heavy (non-hydrogen) atoms. The number of aromatic nitrogens is 1. The Morgan fingerprint density at radius 1 is 1.11 bits per heavy atom. The minimum absolute atomic E-state index is 0.0550. The van der Waals surface area contributed by atoms with E-state index in [4.69, 9.17) is 0 Å². The second-order valence-corrected chi connectivity index (χ2v) is 8.67. The van der Waals surface area contributed by atoms with Crippen LogP contribution in [0.5, 0.6) is 0 Å². The fraction of sp³-hybridized carbons (Fsp3) is 0.348. The van der Waals surface area contributed by atoms with Gasteiger partial charge in [0, 0.05) is 28.5 Å². The van der Waals surface area contributed by atoms with E-state index in [1.807, 2.05) is 42.5 Å². The number of rotatable bonds is 4. The maximum absolute atomic E-state index is 12.7. The van der Waals surface area contributed by atoms with Gasteiger partial charge in [0.05, 0.1) is 6.04 Å². The molecule has 1 aliphatic rings. The summed E-state index contributed by atoms with van der Waals surface area (Å²) >= 11 is 1.87. The fourth-order valence-corrected chi connectivity index (χ4v) is 5.45. The molecule has 0 bridgehead atoms. The Labute approximate surface area is 170 Å². The van der Waals surface area contributed by atoms with E-state index in [-0.39, 0.29) is 12.1 Å². The number of anilines is 1. The second kappa shape index (κ2) is 7.84. The number of thiophene rings is 1. The van der Waals surface area contributed by atoms with Gasteiger partial charge in [0.1, 0.15) is 5.00 Å². The number of urea groups is 1. The number of carbonyl (C=O) groups is 1. The predicted molar refractivity (Wildman–Crippen MR) is 117 cm³/mol. The summed E-state index contributed by atoms with van der Waals surface area (Å²) < 4.78 is 2.18. The normalized spacial score (nSPS) is 14.4. The lowest BCUT2D eigenvalue weighted by atomic mass is 9.93. The summed E-state index contributed by atoms with van der Waals surface area (Å²) in [6.07, 6.45) is 8.91. The van der Waals surface area contributed by atoms with Crippen LogP contribution in [0, 0.1) is 13.8 Å². The highest BCUT2D eigenvalue weighted by Gasteiger charge is 2.26. The number of hydrogen-bond acceptors (Lipinski definition) is 2. The van der Waals surface area contributed by atoms with Crippen LogP contribution >= 0.6 is 11.3 Å². The molecule has 0 aliphatic heterocycles. The molecule has 4 rings (SSSR count). The van der Waals surface area contributed by atoms with E-state index in [2.05, 4.69) is 47.5 Å². The van der Waals surface area contributed by atoms with Crippen LogP contribution in [-0.4, -0.2) is 10.6 Å². The lowest BCUT2D eigenvalue weighted by Gasteiger charge is -2.20. The zero-order chi connectivity index (χ0) is 19.7. The monoisotopic (exact) mass is 393 g/mol. The van der Waals surface area contributed by atoms with Gasteiger partial charge in [-0.1, -0.05) is 12.1 Å². The summed E-state index contributed by atoms with van der Waals surface area (Å²) in [5, 5.41) is 7.43. The zero-order valence-corrected chi connectivity index (χ0v) is 17.5.